The van der Waals surface area contributed by atoms with Crippen molar-refractivity contribution in [3.63, 3.8) is 0 Å². The minimum Gasteiger partial charge on any atom is -0.465 e. The first kappa shape index (κ1) is 24.2. The summed E-state index contributed by atoms with van der Waals surface area (Å²) in [6.07, 6.45) is 0.121. The van der Waals surface area contributed by atoms with E-state index in [1.165, 1.54) is 13.2 Å². The van der Waals surface area contributed by atoms with E-state index in [0.717, 1.165) is 48.7 Å². The van der Waals surface area contributed by atoms with E-state index in [-0.39, 0.29) is 40.2 Å². The maximum absolute atomic E-state index is 14.8. The molecule has 9 heteroatoms. The molecule has 0 aliphatic heterocycles. The van der Waals surface area contributed by atoms with E-state index in [0.29, 0.717) is 11.4 Å². The monoisotopic (exact) mass is 499 g/mol. The molecule has 5 rings (SSSR count). The quantitative estimate of drug-likeness (QED) is 0.240. The van der Waals surface area contributed by atoms with Gasteiger partial charge in [0.25, 0.3) is 0 Å². The number of pyridine rings is 1. The number of rotatable bonds is 4. The molecule has 1 fully saturated rings. The minimum atomic E-state index is -4.61. The molecule has 1 N–H and O–H groups in total. The van der Waals surface area contributed by atoms with Crippen LogP contribution in [0.3, 0.4) is 0 Å². The predicted octanol–water partition coefficient (Wildman–Crippen LogP) is 7.13. The van der Waals surface area contributed by atoms with Gasteiger partial charge in [-0.05, 0) is 67.9 Å². The van der Waals surface area contributed by atoms with Gasteiger partial charge in [0.2, 0.25) is 0 Å². The number of aromatic amines is 1. The number of fused-ring (bicyclic) bond motifs is 2. The second-order valence-electron chi connectivity index (χ2n) is 9.43. The van der Waals surface area contributed by atoms with Gasteiger partial charge in [-0.25, -0.2) is 14.2 Å². The number of carbonyl (C=O) groups excluding carboxylic acids is 1. The van der Waals surface area contributed by atoms with Crippen LogP contribution in [0.4, 0.5) is 17.6 Å². The number of hydrogen-bond acceptors (Lipinski definition) is 4. The second-order valence-corrected chi connectivity index (χ2v) is 9.43. The molecule has 5 nitrogen and oxygen atoms in total. The van der Waals surface area contributed by atoms with Crippen molar-refractivity contribution in [3.05, 3.63) is 70.9 Å². The topological polar surface area (TPSA) is 67.9 Å². The second kappa shape index (κ2) is 9.19. The molecule has 1 saturated carbocycles. The van der Waals surface area contributed by atoms with Crippen LogP contribution in [-0.4, -0.2) is 28.0 Å². The highest BCUT2D eigenvalue weighted by molar-refractivity contribution is 6.03. The fourth-order valence-corrected chi connectivity index (χ4v) is 5.53. The third-order valence-electron chi connectivity index (χ3n) is 7.47. The van der Waals surface area contributed by atoms with Crippen molar-refractivity contribution in [1.29, 1.82) is 0 Å². The van der Waals surface area contributed by atoms with Crippen molar-refractivity contribution in [2.24, 2.45) is 5.92 Å². The fraction of sp³-hybridized carbons (Fsp3) is 0.370. The Morgan fingerprint density at radius 3 is 2.56 bits per heavy atom. The van der Waals surface area contributed by atoms with Gasteiger partial charge in [-0.2, -0.15) is 13.2 Å². The van der Waals surface area contributed by atoms with Crippen molar-refractivity contribution in [1.82, 2.24) is 15.0 Å². The Morgan fingerprint density at radius 1 is 1.11 bits per heavy atom. The highest BCUT2D eigenvalue weighted by atomic mass is 19.4. The Morgan fingerprint density at radius 2 is 1.86 bits per heavy atom. The van der Waals surface area contributed by atoms with E-state index in [1.54, 1.807) is 18.3 Å². The normalized spacial score (nSPS) is 19.5. The van der Waals surface area contributed by atoms with Crippen LogP contribution in [-0.2, 0) is 10.9 Å². The van der Waals surface area contributed by atoms with Gasteiger partial charge in [-0.15, -0.1) is 0 Å². The molecule has 2 aromatic carbocycles. The zero-order chi connectivity index (χ0) is 25.6. The molecule has 0 radical (unpaired) electrons. The Balaban J connectivity index is 1.42. The molecule has 0 unspecified atom stereocenters. The molecule has 4 aromatic rings. The number of nitrogens with zero attached hydrogens (tertiary/aromatic N) is 2. The summed E-state index contributed by atoms with van der Waals surface area (Å²) in [6.45, 7) is 1.93. The maximum Gasteiger partial charge on any atom is 0.418 e. The van der Waals surface area contributed by atoms with Gasteiger partial charge in [0.1, 0.15) is 17.2 Å². The average molecular weight is 500 g/mol. The van der Waals surface area contributed by atoms with E-state index in [2.05, 4.69) is 15.0 Å². The van der Waals surface area contributed by atoms with Crippen LogP contribution in [0.5, 0.6) is 0 Å². The van der Waals surface area contributed by atoms with Crippen LogP contribution < -0.4 is 0 Å². The molecule has 1 aliphatic carbocycles. The molecule has 0 saturated heterocycles. The number of aromatic nitrogens is 3. The third kappa shape index (κ3) is 4.20. The van der Waals surface area contributed by atoms with Gasteiger partial charge in [-0.3, -0.25) is 4.98 Å². The van der Waals surface area contributed by atoms with Gasteiger partial charge in [0.05, 0.1) is 29.3 Å². The van der Waals surface area contributed by atoms with E-state index in [9.17, 15) is 22.4 Å². The average Bonchev–Trinajstić information content (AvgIpc) is 3.32. The number of alkyl halides is 3. The number of esters is 1. The van der Waals surface area contributed by atoms with Gasteiger partial charge in [0, 0.05) is 23.1 Å². The maximum atomic E-state index is 14.8. The number of carbonyl (C=O) groups is 1. The van der Waals surface area contributed by atoms with Crippen molar-refractivity contribution < 1.29 is 27.1 Å². The Labute approximate surface area is 204 Å². The zero-order valence-electron chi connectivity index (χ0n) is 19.8. The highest BCUT2D eigenvalue weighted by Gasteiger charge is 2.36. The molecule has 0 bridgehead atoms. The zero-order valence-corrected chi connectivity index (χ0v) is 19.8. The number of halogens is 4. The van der Waals surface area contributed by atoms with E-state index in [4.69, 9.17) is 4.74 Å². The number of nitrogens with one attached hydrogen (secondary N) is 1. The Kier molecular flexibility index (Phi) is 6.18. The molecule has 188 valence electrons. The summed E-state index contributed by atoms with van der Waals surface area (Å²) in [4.78, 5) is 23.8. The molecule has 0 amide bonds. The third-order valence-corrected chi connectivity index (χ3v) is 7.47. The van der Waals surface area contributed by atoms with Crippen LogP contribution >= 0.6 is 0 Å². The van der Waals surface area contributed by atoms with Crippen molar-refractivity contribution in [2.45, 2.75) is 50.6 Å². The summed E-state index contributed by atoms with van der Waals surface area (Å²) in [5.41, 5.74) is 0.295. The summed E-state index contributed by atoms with van der Waals surface area (Å²) < 4.78 is 60.5. The van der Waals surface area contributed by atoms with Crippen LogP contribution in [0.25, 0.3) is 21.9 Å². The van der Waals surface area contributed by atoms with Gasteiger partial charge >= 0.3 is 12.1 Å². The fourth-order valence-electron chi connectivity index (χ4n) is 5.53. The Hall–Kier alpha value is -3.49. The van der Waals surface area contributed by atoms with E-state index < -0.39 is 17.7 Å². The number of ether oxygens (including phenoxy) is 1. The molecule has 2 aromatic heterocycles. The summed E-state index contributed by atoms with van der Waals surface area (Å²) in [6, 6.07) is 8.82. The van der Waals surface area contributed by atoms with Crippen LogP contribution in [0.1, 0.15) is 71.8 Å². The lowest BCUT2D eigenvalue weighted by molar-refractivity contribution is -0.136. The van der Waals surface area contributed by atoms with Crippen LogP contribution in [0.15, 0.2) is 42.6 Å². The lowest BCUT2D eigenvalue weighted by Gasteiger charge is -2.32. The Bertz CT molecular complexity index is 1440. The largest absolute Gasteiger partial charge is 0.465 e. The molecule has 1 atom stereocenters. The summed E-state index contributed by atoms with van der Waals surface area (Å²) >= 11 is 0. The van der Waals surface area contributed by atoms with E-state index in [1.807, 2.05) is 13.0 Å². The summed E-state index contributed by atoms with van der Waals surface area (Å²) in [5, 5.41) is 0.821. The van der Waals surface area contributed by atoms with Crippen LogP contribution in [0.2, 0.25) is 0 Å². The van der Waals surface area contributed by atoms with Gasteiger partial charge < -0.3 is 9.72 Å². The molecular weight excluding hydrogens is 474 g/mol. The SMILES string of the molecule is COC(=O)c1ccc(C(F)(F)F)c2nc([C@@H](C)[C@H]3CC[C@@H](c4c(F)ccc5ncccc54)CC3)[nH]c12. The number of hydrogen-bond donors (Lipinski definition) is 1. The molecule has 36 heavy (non-hydrogen) atoms. The first-order valence-electron chi connectivity index (χ1n) is 11.9. The number of methoxy groups -OCH3 is 1. The lowest BCUT2D eigenvalue weighted by atomic mass is 9.73. The number of H-pyrrole nitrogens is 1. The lowest BCUT2D eigenvalue weighted by Crippen LogP contribution is -2.20. The molecule has 2 heterocycles. The predicted molar refractivity (Wildman–Crippen MR) is 127 cm³/mol. The molecule has 1 aliphatic rings. The van der Waals surface area contributed by atoms with Crippen molar-refractivity contribution in [3.8, 4) is 0 Å². The summed E-state index contributed by atoms with van der Waals surface area (Å²) in [5.74, 6) is -0.559. The van der Waals surface area contributed by atoms with Gasteiger partial charge in [-0.1, -0.05) is 13.0 Å². The summed E-state index contributed by atoms with van der Waals surface area (Å²) in [7, 11) is 1.18. The first-order valence-corrected chi connectivity index (χ1v) is 11.9. The standard InChI is InChI=1S/C27H25F4N3O2/c1-14(25-33-23-18(26(35)36-2)9-10-19(24(23)34-25)27(29,30)31)15-5-7-16(8-6-15)22-17-4-3-13-32-21(17)12-11-20(22)28/h3-4,9-16H,5-8H2,1-2H3,(H,33,34)/t14-,15-,16+/m0/s1. The van der Waals surface area contributed by atoms with E-state index >= 15 is 0 Å². The molecule has 0 spiro atoms. The minimum absolute atomic E-state index is 0.00944. The number of imidazole rings is 1. The smallest absolute Gasteiger partial charge is 0.418 e. The first-order chi connectivity index (χ1) is 17.2. The van der Waals surface area contributed by atoms with Crippen molar-refractivity contribution in [2.75, 3.05) is 7.11 Å². The highest BCUT2D eigenvalue weighted by Crippen LogP contribution is 2.44. The number of benzene rings is 2. The van der Waals surface area contributed by atoms with Gasteiger partial charge in [0.15, 0.2) is 0 Å². The molecular formula is C27H25F4N3O2. The van der Waals surface area contributed by atoms with Crippen LogP contribution in [0, 0.1) is 11.7 Å². The van der Waals surface area contributed by atoms with Crippen molar-refractivity contribution >= 4 is 27.9 Å².